The summed E-state index contributed by atoms with van der Waals surface area (Å²) in [7, 11) is -3.85. The quantitative estimate of drug-likeness (QED) is 0.559. The Balaban J connectivity index is 1.66. The van der Waals surface area contributed by atoms with Crippen LogP contribution in [0.2, 0.25) is 0 Å². The Morgan fingerprint density at radius 2 is 0.759 bits per heavy atom. The van der Waals surface area contributed by atoms with Crippen LogP contribution in [0.3, 0.4) is 0 Å². The Labute approximate surface area is 169 Å². The lowest BCUT2D eigenvalue weighted by Crippen LogP contribution is -2.48. The van der Waals surface area contributed by atoms with Gasteiger partial charge < -0.3 is 36.7 Å². The van der Waals surface area contributed by atoms with Gasteiger partial charge in [0, 0.05) is 24.3 Å². The topological polar surface area (TPSA) is 73.8 Å². The average molecular weight is 416 g/mol. The number of allylic oxidation sites excluding steroid dienone is 4. The monoisotopic (exact) mass is 416 g/mol. The van der Waals surface area contributed by atoms with Crippen LogP contribution in [0.25, 0.3) is 0 Å². The summed E-state index contributed by atoms with van der Waals surface area (Å²) in [5.74, 6) is 2.08. The molecule has 8 nitrogen and oxygen atoms in total. The zero-order valence-electron chi connectivity index (χ0n) is 15.5. The first kappa shape index (κ1) is 18.9. The lowest BCUT2D eigenvalue weighted by molar-refractivity contribution is 0.0467. The van der Waals surface area contributed by atoms with Gasteiger partial charge in [0.1, 0.15) is 49.5 Å². The molecule has 0 atom stereocenters. The zero-order chi connectivity index (χ0) is 19.8. The fraction of sp³-hybridized carbons (Fsp3) is 0.200. The van der Waals surface area contributed by atoms with Gasteiger partial charge in [0.15, 0.2) is 0 Å². The Morgan fingerprint density at radius 1 is 0.483 bits per heavy atom. The largest absolute Gasteiger partial charge is 0.966 e. The molecule has 0 aliphatic carbocycles. The van der Waals surface area contributed by atoms with Gasteiger partial charge in [-0.05, 0) is 24.3 Å². The van der Waals surface area contributed by atoms with Crippen LogP contribution in [-0.2, 0) is 36.7 Å². The maximum absolute atomic E-state index is 6.21. The van der Waals surface area contributed by atoms with Crippen LogP contribution in [-0.4, -0.2) is 35.5 Å². The van der Waals surface area contributed by atoms with Crippen molar-refractivity contribution >= 4 is 9.05 Å². The molecular weight excluding hydrogens is 396 g/mol. The van der Waals surface area contributed by atoms with Crippen LogP contribution in [0.5, 0.6) is 0 Å². The predicted molar refractivity (Wildman–Crippen MR) is 103 cm³/mol. The molecule has 0 saturated heterocycles. The van der Waals surface area contributed by atoms with E-state index in [-0.39, 0.29) is 0 Å². The number of ether oxygens (including phenoxy) is 4. The molecule has 0 spiro atoms. The number of hydrogen-bond donors (Lipinski definition) is 0. The van der Waals surface area contributed by atoms with E-state index in [0.29, 0.717) is 49.5 Å². The zero-order valence-corrected chi connectivity index (χ0v) is 16.5. The minimum Gasteiger partial charge on any atom is -0.497 e. The highest BCUT2D eigenvalue weighted by atomic mass is 28.4. The highest BCUT2D eigenvalue weighted by Gasteiger charge is 2.59. The summed E-state index contributed by atoms with van der Waals surface area (Å²) >= 11 is 0. The molecule has 0 aromatic carbocycles. The molecule has 0 N–H and O–H groups in total. The van der Waals surface area contributed by atoms with E-state index in [2.05, 4.69) is 0 Å². The Bertz CT molecular complexity index is 705. The summed E-state index contributed by atoms with van der Waals surface area (Å²) in [6.07, 6.45) is 20.0. The minimum absolute atomic E-state index is 0.375. The first-order valence-corrected chi connectivity index (χ1v) is 10.6. The second-order valence-electron chi connectivity index (χ2n) is 5.88. The molecule has 0 bridgehead atoms. The molecule has 4 heterocycles. The van der Waals surface area contributed by atoms with Crippen molar-refractivity contribution in [2.75, 3.05) is 26.4 Å². The summed E-state index contributed by atoms with van der Waals surface area (Å²) in [4.78, 5) is 0. The van der Waals surface area contributed by atoms with Crippen molar-refractivity contribution in [1.29, 1.82) is 0 Å². The molecular formula is C20H20O8Si. The standard InChI is InChI=1S/C20H20O8Si/c1-9-21-10-2-17(1)25-29(26-18-3-11-22-12-4-18,27-19-5-13-23-14-6-19)28-20-7-15-24-16-8-20/h1-9,11,13,15H,10,12,14,16H2. The van der Waals surface area contributed by atoms with Gasteiger partial charge in [-0.2, -0.15) is 0 Å². The Hall–Kier alpha value is -3.46. The van der Waals surface area contributed by atoms with Gasteiger partial charge in [0.25, 0.3) is 0 Å². The van der Waals surface area contributed by atoms with Crippen LogP contribution in [0.4, 0.5) is 0 Å². The van der Waals surface area contributed by atoms with Gasteiger partial charge in [0.2, 0.25) is 0 Å². The van der Waals surface area contributed by atoms with Crippen molar-refractivity contribution in [2.24, 2.45) is 0 Å². The van der Waals surface area contributed by atoms with Crippen LogP contribution in [0.15, 0.2) is 96.7 Å². The van der Waals surface area contributed by atoms with E-state index in [9.17, 15) is 0 Å². The third-order valence-electron chi connectivity index (χ3n) is 3.81. The molecule has 0 fully saturated rings. The molecule has 9 heteroatoms. The van der Waals surface area contributed by atoms with Gasteiger partial charge in [0.05, 0.1) is 25.0 Å². The van der Waals surface area contributed by atoms with Crippen LogP contribution < -0.4 is 0 Å². The molecule has 152 valence electrons. The van der Waals surface area contributed by atoms with E-state index in [0.717, 1.165) is 0 Å². The van der Waals surface area contributed by atoms with Crippen molar-refractivity contribution in [3.05, 3.63) is 96.7 Å². The molecule has 29 heavy (non-hydrogen) atoms. The minimum atomic E-state index is -3.85. The van der Waals surface area contributed by atoms with E-state index >= 15 is 0 Å². The highest BCUT2D eigenvalue weighted by Crippen LogP contribution is 2.29. The van der Waals surface area contributed by atoms with Crippen molar-refractivity contribution in [1.82, 2.24) is 0 Å². The van der Waals surface area contributed by atoms with E-state index in [1.165, 1.54) is 0 Å². The first-order chi connectivity index (χ1) is 14.3. The molecule has 0 saturated carbocycles. The van der Waals surface area contributed by atoms with Crippen molar-refractivity contribution < 1.29 is 36.7 Å². The van der Waals surface area contributed by atoms with Gasteiger partial charge in [-0.3, -0.25) is 0 Å². The van der Waals surface area contributed by atoms with E-state index < -0.39 is 9.05 Å². The highest BCUT2D eigenvalue weighted by molar-refractivity contribution is 6.55. The third-order valence-corrected chi connectivity index (χ3v) is 5.75. The van der Waals surface area contributed by atoms with Gasteiger partial charge in [-0.1, -0.05) is 0 Å². The van der Waals surface area contributed by atoms with Crippen LogP contribution in [0, 0.1) is 0 Å². The summed E-state index contributed by atoms with van der Waals surface area (Å²) in [5, 5.41) is 0. The molecule has 0 amide bonds. The predicted octanol–water partition coefficient (Wildman–Crippen LogP) is 3.20. The van der Waals surface area contributed by atoms with Crippen molar-refractivity contribution in [3.63, 3.8) is 0 Å². The lowest BCUT2D eigenvalue weighted by atomic mass is 10.4. The maximum atomic E-state index is 6.21. The average Bonchev–Trinajstić information content (AvgIpc) is 2.76. The maximum Gasteiger partial charge on any atom is 0.966 e. The lowest BCUT2D eigenvalue weighted by Gasteiger charge is -2.31. The second kappa shape index (κ2) is 9.15. The molecule has 4 rings (SSSR count). The summed E-state index contributed by atoms with van der Waals surface area (Å²) in [6.45, 7) is 1.50. The van der Waals surface area contributed by atoms with Crippen LogP contribution in [0.1, 0.15) is 0 Å². The first-order valence-electron chi connectivity index (χ1n) is 9.01. The van der Waals surface area contributed by atoms with E-state index in [1.807, 2.05) is 0 Å². The smallest absolute Gasteiger partial charge is 0.497 e. The molecule has 4 aliphatic heterocycles. The van der Waals surface area contributed by atoms with E-state index in [4.69, 9.17) is 36.7 Å². The molecule has 0 aromatic heterocycles. The molecule has 0 unspecified atom stereocenters. The molecule has 0 radical (unpaired) electrons. The molecule has 4 aliphatic rings. The Kier molecular flexibility index (Phi) is 5.96. The van der Waals surface area contributed by atoms with E-state index in [1.54, 1.807) is 73.7 Å². The van der Waals surface area contributed by atoms with Crippen molar-refractivity contribution in [2.45, 2.75) is 0 Å². The molecule has 0 aromatic rings. The van der Waals surface area contributed by atoms with Crippen LogP contribution >= 0.6 is 0 Å². The summed E-state index contributed by atoms with van der Waals surface area (Å²) in [5.41, 5.74) is 0. The summed E-state index contributed by atoms with van der Waals surface area (Å²) in [6, 6.07) is 0. The fourth-order valence-corrected chi connectivity index (χ4v) is 4.49. The number of hydrogen-bond acceptors (Lipinski definition) is 8. The fourth-order valence-electron chi connectivity index (χ4n) is 2.48. The van der Waals surface area contributed by atoms with Gasteiger partial charge >= 0.3 is 9.05 Å². The van der Waals surface area contributed by atoms with Gasteiger partial charge in [-0.25, -0.2) is 0 Å². The van der Waals surface area contributed by atoms with Crippen molar-refractivity contribution in [3.8, 4) is 0 Å². The summed E-state index contributed by atoms with van der Waals surface area (Å²) < 4.78 is 45.6. The number of rotatable bonds is 8. The Morgan fingerprint density at radius 3 is 0.966 bits per heavy atom. The normalized spacial score (nSPS) is 19.9. The van der Waals surface area contributed by atoms with Gasteiger partial charge in [-0.15, -0.1) is 0 Å². The SMILES string of the molecule is C1=CC(O[Si](OC2=CCOC=C2)(OC2=CCOC=C2)OC2=CCOC=C2)=CCO1. The third kappa shape index (κ3) is 5.29. The second-order valence-corrected chi connectivity index (χ2v) is 7.70.